The lowest BCUT2D eigenvalue weighted by molar-refractivity contribution is -0.118. The van der Waals surface area contributed by atoms with Crippen molar-refractivity contribution < 1.29 is 19.2 Å². The number of carbonyl (C=O) groups excluding carboxylic acids is 2. The summed E-state index contributed by atoms with van der Waals surface area (Å²) in [6, 6.07) is 5.71. The van der Waals surface area contributed by atoms with Crippen LogP contribution < -0.4 is 22.1 Å². The topological polar surface area (TPSA) is 193 Å². The molecule has 0 fully saturated rings. The van der Waals surface area contributed by atoms with E-state index in [-0.39, 0.29) is 18.1 Å². The van der Waals surface area contributed by atoms with Crippen molar-refractivity contribution in [2.24, 2.45) is 11.5 Å². The standard InChI is InChI=1S/C15H17N7O4/c16-6-8-2-1-3-9(4-8)19-15(25)20-11(5-12(18)24)14-21-13(22-26-14)10(17)7-23/h1-4,10-11,23H,5,7,17H2,(H2,18,24)(H2,19,20,25)/t10-,11+/m1/s1. The van der Waals surface area contributed by atoms with E-state index in [1.54, 1.807) is 18.2 Å². The van der Waals surface area contributed by atoms with Crippen LogP contribution in [0.5, 0.6) is 0 Å². The number of urea groups is 1. The molecule has 1 aromatic heterocycles. The summed E-state index contributed by atoms with van der Waals surface area (Å²) in [4.78, 5) is 27.4. The van der Waals surface area contributed by atoms with Gasteiger partial charge in [0.15, 0.2) is 5.82 Å². The molecule has 0 radical (unpaired) electrons. The van der Waals surface area contributed by atoms with Crippen LogP contribution in [0.4, 0.5) is 10.5 Å². The monoisotopic (exact) mass is 359 g/mol. The van der Waals surface area contributed by atoms with E-state index in [9.17, 15) is 9.59 Å². The molecule has 0 aliphatic rings. The van der Waals surface area contributed by atoms with Gasteiger partial charge in [-0.25, -0.2) is 4.79 Å². The highest BCUT2D eigenvalue weighted by Crippen LogP contribution is 2.17. The summed E-state index contributed by atoms with van der Waals surface area (Å²) in [5, 5.41) is 26.5. The molecule has 0 saturated heterocycles. The molecule has 136 valence electrons. The summed E-state index contributed by atoms with van der Waals surface area (Å²) < 4.78 is 4.99. The van der Waals surface area contributed by atoms with Gasteiger partial charge in [-0.15, -0.1) is 0 Å². The quantitative estimate of drug-likeness (QED) is 0.443. The first kappa shape index (κ1) is 18.8. The minimum Gasteiger partial charge on any atom is -0.394 e. The fraction of sp³-hybridized carbons (Fsp3) is 0.267. The van der Waals surface area contributed by atoms with Gasteiger partial charge in [0.25, 0.3) is 0 Å². The number of nitrogens with one attached hydrogen (secondary N) is 2. The minimum absolute atomic E-state index is 0.0286. The Morgan fingerprint density at radius 1 is 1.42 bits per heavy atom. The van der Waals surface area contributed by atoms with Crippen molar-refractivity contribution >= 4 is 17.6 Å². The van der Waals surface area contributed by atoms with Crippen LogP contribution in [0.2, 0.25) is 0 Å². The van der Waals surface area contributed by atoms with E-state index in [2.05, 4.69) is 20.8 Å². The van der Waals surface area contributed by atoms with Gasteiger partial charge in [0.05, 0.1) is 30.7 Å². The molecule has 0 bridgehead atoms. The van der Waals surface area contributed by atoms with E-state index in [0.29, 0.717) is 11.3 Å². The predicted molar refractivity (Wildman–Crippen MR) is 88.2 cm³/mol. The number of benzene rings is 1. The second-order valence-corrected chi connectivity index (χ2v) is 5.29. The van der Waals surface area contributed by atoms with Crippen molar-refractivity contribution in [1.82, 2.24) is 15.5 Å². The Kier molecular flexibility index (Phi) is 6.20. The third-order valence-electron chi connectivity index (χ3n) is 3.24. The zero-order chi connectivity index (χ0) is 19.1. The van der Waals surface area contributed by atoms with E-state index in [1.165, 1.54) is 6.07 Å². The molecule has 2 rings (SSSR count). The van der Waals surface area contributed by atoms with Crippen LogP contribution in [0.15, 0.2) is 28.8 Å². The number of nitriles is 1. The predicted octanol–water partition coefficient (Wildman–Crippen LogP) is -0.328. The lowest BCUT2D eigenvalue weighted by Gasteiger charge is -2.14. The van der Waals surface area contributed by atoms with Crippen LogP contribution in [0.3, 0.4) is 0 Å². The molecule has 0 unspecified atom stereocenters. The van der Waals surface area contributed by atoms with E-state index < -0.39 is 30.6 Å². The third kappa shape index (κ3) is 5.00. The van der Waals surface area contributed by atoms with E-state index in [1.807, 2.05) is 6.07 Å². The molecule has 26 heavy (non-hydrogen) atoms. The summed E-state index contributed by atoms with van der Waals surface area (Å²) in [6.45, 7) is -0.400. The number of aliphatic hydroxyl groups is 1. The second kappa shape index (κ2) is 8.56. The molecule has 1 heterocycles. The minimum atomic E-state index is -0.987. The molecule has 11 nitrogen and oxygen atoms in total. The fourth-order valence-corrected chi connectivity index (χ4v) is 2.01. The maximum atomic E-state index is 12.2. The van der Waals surface area contributed by atoms with Crippen LogP contribution >= 0.6 is 0 Å². The zero-order valence-electron chi connectivity index (χ0n) is 13.5. The zero-order valence-corrected chi connectivity index (χ0v) is 13.5. The molecular formula is C15H17N7O4. The lowest BCUT2D eigenvalue weighted by Crippen LogP contribution is -2.35. The van der Waals surface area contributed by atoms with Gasteiger partial charge < -0.3 is 31.7 Å². The number of carbonyl (C=O) groups is 2. The summed E-state index contributed by atoms with van der Waals surface area (Å²) in [6.07, 6.45) is -0.290. The summed E-state index contributed by atoms with van der Waals surface area (Å²) in [5.74, 6) is -0.752. The maximum Gasteiger partial charge on any atom is 0.319 e. The lowest BCUT2D eigenvalue weighted by atomic mass is 10.2. The van der Waals surface area contributed by atoms with Gasteiger partial charge in [-0.05, 0) is 18.2 Å². The molecular weight excluding hydrogens is 342 g/mol. The highest BCUT2D eigenvalue weighted by molar-refractivity contribution is 5.90. The van der Waals surface area contributed by atoms with Gasteiger partial charge in [0, 0.05) is 5.69 Å². The number of hydrogen-bond acceptors (Lipinski definition) is 8. The SMILES string of the molecule is N#Cc1cccc(NC(=O)N[C@@H](CC(N)=O)c2nc([C@H](N)CO)no2)c1. The Morgan fingerprint density at radius 3 is 2.85 bits per heavy atom. The number of nitrogens with two attached hydrogens (primary N) is 2. The van der Waals surface area contributed by atoms with Gasteiger partial charge in [0.2, 0.25) is 11.8 Å². The first-order chi connectivity index (χ1) is 12.4. The first-order valence-electron chi connectivity index (χ1n) is 7.49. The van der Waals surface area contributed by atoms with E-state index in [4.69, 9.17) is 26.4 Å². The van der Waals surface area contributed by atoms with Crippen molar-refractivity contribution in [3.05, 3.63) is 41.5 Å². The van der Waals surface area contributed by atoms with Crippen molar-refractivity contribution in [2.75, 3.05) is 11.9 Å². The molecule has 7 N–H and O–H groups in total. The van der Waals surface area contributed by atoms with Crippen LogP contribution in [0, 0.1) is 11.3 Å². The van der Waals surface area contributed by atoms with Crippen LogP contribution in [-0.2, 0) is 4.79 Å². The van der Waals surface area contributed by atoms with Gasteiger partial charge in [-0.1, -0.05) is 11.2 Å². The number of primary amides is 1. The molecule has 0 aliphatic carbocycles. The number of anilines is 1. The summed E-state index contributed by atoms with van der Waals surface area (Å²) in [7, 11) is 0. The Labute approximate surface area is 148 Å². The largest absolute Gasteiger partial charge is 0.394 e. The number of rotatable bonds is 7. The van der Waals surface area contributed by atoms with Gasteiger partial charge in [0.1, 0.15) is 6.04 Å². The number of aromatic nitrogens is 2. The Hall–Kier alpha value is -3.49. The number of amides is 3. The van der Waals surface area contributed by atoms with E-state index in [0.717, 1.165) is 0 Å². The fourth-order valence-electron chi connectivity index (χ4n) is 2.01. The van der Waals surface area contributed by atoms with Gasteiger partial charge in [-0.2, -0.15) is 10.2 Å². The molecule has 2 aromatic rings. The highest BCUT2D eigenvalue weighted by Gasteiger charge is 2.25. The molecule has 2 atom stereocenters. The Bertz CT molecular complexity index is 829. The first-order valence-corrected chi connectivity index (χ1v) is 7.49. The molecule has 0 spiro atoms. The molecule has 0 saturated carbocycles. The van der Waals surface area contributed by atoms with E-state index >= 15 is 0 Å². The normalized spacial score (nSPS) is 12.7. The van der Waals surface area contributed by atoms with Crippen molar-refractivity contribution in [3.63, 3.8) is 0 Å². The van der Waals surface area contributed by atoms with Crippen LogP contribution in [0.25, 0.3) is 0 Å². The second-order valence-electron chi connectivity index (χ2n) is 5.29. The molecule has 11 heteroatoms. The van der Waals surface area contributed by atoms with Gasteiger partial charge in [-0.3, -0.25) is 4.79 Å². The van der Waals surface area contributed by atoms with Crippen LogP contribution in [-0.4, -0.2) is 33.8 Å². The maximum absolute atomic E-state index is 12.2. The van der Waals surface area contributed by atoms with Crippen LogP contribution in [0.1, 0.15) is 35.8 Å². The summed E-state index contributed by atoms with van der Waals surface area (Å²) >= 11 is 0. The third-order valence-corrected chi connectivity index (χ3v) is 3.24. The van der Waals surface area contributed by atoms with Crippen molar-refractivity contribution in [1.29, 1.82) is 5.26 Å². The highest BCUT2D eigenvalue weighted by atomic mass is 16.5. The van der Waals surface area contributed by atoms with Crippen molar-refractivity contribution in [3.8, 4) is 6.07 Å². The molecule has 1 aromatic carbocycles. The number of nitrogens with zero attached hydrogens (tertiary/aromatic N) is 3. The average Bonchev–Trinajstić information content (AvgIpc) is 3.10. The Balaban J connectivity index is 2.11. The van der Waals surface area contributed by atoms with Crippen molar-refractivity contribution in [2.45, 2.75) is 18.5 Å². The molecule has 0 aliphatic heterocycles. The average molecular weight is 359 g/mol. The van der Waals surface area contributed by atoms with Gasteiger partial charge >= 0.3 is 6.03 Å². The number of aliphatic hydroxyl groups excluding tert-OH is 1. The summed E-state index contributed by atoms with van der Waals surface area (Å²) in [5.41, 5.74) is 11.5. The molecule has 3 amide bonds. The number of hydrogen-bond donors (Lipinski definition) is 5. The smallest absolute Gasteiger partial charge is 0.319 e. The Morgan fingerprint density at radius 2 is 2.19 bits per heavy atom.